The van der Waals surface area contributed by atoms with E-state index in [0.717, 1.165) is 5.56 Å². The summed E-state index contributed by atoms with van der Waals surface area (Å²) in [6.07, 6.45) is -0.616. The summed E-state index contributed by atoms with van der Waals surface area (Å²) in [5.74, 6) is 0. The van der Waals surface area contributed by atoms with E-state index in [1.54, 1.807) is 12.1 Å². The molecule has 1 rings (SSSR count). The molecule has 0 amide bonds. The fourth-order valence-corrected chi connectivity index (χ4v) is 1.66. The molecular weight excluding hydrogens is 214 g/mol. The Hall–Kier alpha value is -0.610. The Morgan fingerprint density at radius 2 is 2.07 bits per heavy atom. The zero-order valence-corrected chi connectivity index (χ0v) is 9.48. The van der Waals surface area contributed by atoms with Gasteiger partial charge in [-0.05, 0) is 13.1 Å². The van der Waals surface area contributed by atoms with Crippen LogP contribution in [0.4, 0.5) is 0 Å². The molecule has 0 aliphatic heterocycles. The van der Waals surface area contributed by atoms with Crippen molar-refractivity contribution in [1.29, 1.82) is 0 Å². The summed E-state index contributed by atoms with van der Waals surface area (Å²) in [5.41, 5.74) is 0.726. The molecule has 1 aromatic rings. The Morgan fingerprint density at radius 3 is 2.67 bits per heavy atom. The highest BCUT2D eigenvalue weighted by molar-refractivity contribution is 6.31. The van der Waals surface area contributed by atoms with Crippen LogP contribution in [0.3, 0.4) is 0 Å². The fraction of sp³-hybridized carbons (Fsp3) is 0.455. The molecule has 0 aromatic heterocycles. The average Bonchev–Trinajstić information content (AvgIpc) is 2.18. The lowest BCUT2D eigenvalue weighted by Gasteiger charge is -2.20. The average molecular weight is 230 g/mol. The minimum Gasteiger partial charge on any atom is -0.395 e. The molecule has 2 N–H and O–H groups in total. The van der Waals surface area contributed by atoms with E-state index in [-0.39, 0.29) is 6.61 Å². The molecule has 0 spiro atoms. The quantitative estimate of drug-likeness (QED) is 0.800. The third-order valence-corrected chi connectivity index (χ3v) is 2.57. The standard InChI is InChI=1S/C11H16ClNO2/c1-13(6-7-14)8-11(15)9-4-2-3-5-10(9)12/h2-5,11,14-15H,6-8H2,1H3/t11-/m1/s1. The van der Waals surface area contributed by atoms with Crippen LogP contribution in [0.5, 0.6) is 0 Å². The van der Waals surface area contributed by atoms with Crippen LogP contribution >= 0.6 is 11.6 Å². The molecule has 15 heavy (non-hydrogen) atoms. The van der Waals surface area contributed by atoms with Crippen LogP contribution in [0.2, 0.25) is 5.02 Å². The lowest BCUT2D eigenvalue weighted by Crippen LogP contribution is -2.27. The van der Waals surface area contributed by atoms with E-state index >= 15 is 0 Å². The van der Waals surface area contributed by atoms with E-state index in [1.165, 1.54) is 0 Å². The van der Waals surface area contributed by atoms with Crippen LogP contribution in [0, 0.1) is 0 Å². The summed E-state index contributed by atoms with van der Waals surface area (Å²) in [4.78, 5) is 1.86. The van der Waals surface area contributed by atoms with Crippen molar-refractivity contribution in [2.75, 3.05) is 26.7 Å². The zero-order valence-electron chi connectivity index (χ0n) is 8.73. The van der Waals surface area contributed by atoms with Crippen molar-refractivity contribution in [2.45, 2.75) is 6.10 Å². The van der Waals surface area contributed by atoms with Crippen LogP contribution in [-0.4, -0.2) is 41.9 Å². The van der Waals surface area contributed by atoms with Gasteiger partial charge in [0.25, 0.3) is 0 Å². The van der Waals surface area contributed by atoms with Gasteiger partial charge in [-0.15, -0.1) is 0 Å². The first-order chi connectivity index (χ1) is 7.15. The first-order valence-corrected chi connectivity index (χ1v) is 5.25. The molecular formula is C11H16ClNO2. The summed E-state index contributed by atoms with van der Waals surface area (Å²) in [5, 5.41) is 19.2. The number of rotatable bonds is 5. The number of aliphatic hydroxyl groups is 2. The van der Waals surface area contributed by atoms with E-state index in [9.17, 15) is 5.11 Å². The van der Waals surface area contributed by atoms with Gasteiger partial charge in [0.1, 0.15) is 0 Å². The van der Waals surface area contributed by atoms with E-state index in [2.05, 4.69) is 0 Å². The number of nitrogens with zero attached hydrogens (tertiary/aromatic N) is 1. The Labute approximate surface area is 94.9 Å². The summed E-state index contributed by atoms with van der Waals surface area (Å²) >= 11 is 5.95. The number of aliphatic hydroxyl groups excluding tert-OH is 2. The second-order valence-corrected chi connectivity index (χ2v) is 3.93. The number of likely N-dealkylation sites (N-methyl/N-ethyl adjacent to an activating group) is 1. The molecule has 0 heterocycles. The molecule has 0 saturated carbocycles. The van der Waals surface area contributed by atoms with Gasteiger partial charge in [-0.3, -0.25) is 0 Å². The van der Waals surface area contributed by atoms with Gasteiger partial charge in [0.2, 0.25) is 0 Å². The van der Waals surface area contributed by atoms with Crippen molar-refractivity contribution in [3.05, 3.63) is 34.9 Å². The van der Waals surface area contributed by atoms with Gasteiger partial charge in [0.05, 0.1) is 12.7 Å². The molecule has 1 atom stereocenters. The van der Waals surface area contributed by atoms with Crippen molar-refractivity contribution in [3.63, 3.8) is 0 Å². The molecule has 0 unspecified atom stereocenters. The zero-order chi connectivity index (χ0) is 11.3. The van der Waals surface area contributed by atoms with Gasteiger partial charge >= 0.3 is 0 Å². The molecule has 84 valence electrons. The molecule has 0 bridgehead atoms. The summed E-state index contributed by atoms with van der Waals surface area (Å²) in [7, 11) is 1.84. The molecule has 0 aliphatic carbocycles. The lowest BCUT2D eigenvalue weighted by atomic mass is 10.1. The fourth-order valence-electron chi connectivity index (χ4n) is 1.40. The van der Waals surface area contributed by atoms with Gasteiger partial charge in [-0.2, -0.15) is 0 Å². The predicted molar refractivity (Wildman–Crippen MR) is 61.0 cm³/mol. The minimum absolute atomic E-state index is 0.0890. The first kappa shape index (κ1) is 12.5. The van der Waals surface area contributed by atoms with Crippen molar-refractivity contribution in [2.24, 2.45) is 0 Å². The Bertz CT molecular complexity index is 306. The van der Waals surface area contributed by atoms with E-state index in [0.29, 0.717) is 18.1 Å². The maximum absolute atomic E-state index is 9.89. The highest BCUT2D eigenvalue weighted by atomic mass is 35.5. The van der Waals surface area contributed by atoms with Crippen LogP contribution < -0.4 is 0 Å². The Balaban J connectivity index is 2.61. The van der Waals surface area contributed by atoms with Crippen molar-refractivity contribution >= 4 is 11.6 Å². The Morgan fingerprint density at radius 1 is 1.40 bits per heavy atom. The van der Waals surface area contributed by atoms with Crippen LogP contribution in [0.1, 0.15) is 11.7 Å². The van der Waals surface area contributed by atoms with Crippen LogP contribution in [0.15, 0.2) is 24.3 Å². The van der Waals surface area contributed by atoms with Crippen LogP contribution in [-0.2, 0) is 0 Å². The summed E-state index contributed by atoms with van der Waals surface area (Å²) < 4.78 is 0. The summed E-state index contributed by atoms with van der Waals surface area (Å²) in [6.45, 7) is 1.09. The molecule has 0 aliphatic rings. The van der Waals surface area contributed by atoms with Crippen molar-refractivity contribution in [1.82, 2.24) is 4.90 Å². The van der Waals surface area contributed by atoms with Crippen LogP contribution in [0.25, 0.3) is 0 Å². The van der Waals surface area contributed by atoms with Gasteiger partial charge in [0.15, 0.2) is 0 Å². The molecule has 4 heteroatoms. The minimum atomic E-state index is -0.616. The van der Waals surface area contributed by atoms with Crippen molar-refractivity contribution < 1.29 is 10.2 Å². The molecule has 0 radical (unpaired) electrons. The van der Waals surface area contributed by atoms with Gasteiger partial charge in [0, 0.05) is 23.7 Å². The highest BCUT2D eigenvalue weighted by Gasteiger charge is 2.12. The molecule has 0 fully saturated rings. The maximum Gasteiger partial charge on any atom is 0.0931 e. The number of hydrogen-bond donors (Lipinski definition) is 2. The predicted octanol–water partition coefficient (Wildman–Crippen LogP) is 1.30. The van der Waals surface area contributed by atoms with E-state index < -0.39 is 6.10 Å². The smallest absolute Gasteiger partial charge is 0.0931 e. The van der Waals surface area contributed by atoms with Gasteiger partial charge < -0.3 is 15.1 Å². The topological polar surface area (TPSA) is 43.7 Å². The second kappa shape index (κ2) is 6.08. The molecule has 0 saturated heterocycles. The second-order valence-electron chi connectivity index (χ2n) is 3.52. The normalized spacial score (nSPS) is 13.1. The van der Waals surface area contributed by atoms with E-state index in [1.807, 2.05) is 24.1 Å². The number of benzene rings is 1. The third-order valence-electron chi connectivity index (χ3n) is 2.23. The third kappa shape index (κ3) is 3.80. The highest BCUT2D eigenvalue weighted by Crippen LogP contribution is 2.22. The lowest BCUT2D eigenvalue weighted by molar-refractivity contribution is 0.115. The van der Waals surface area contributed by atoms with Gasteiger partial charge in [-0.1, -0.05) is 29.8 Å². The summed E-state index contributed by atoms with van der Waals surface area (Å²) in [6, 6.07) is 7.23. The number of hydrogen-bond acceptors (Lipinski definition) is 3. The van der Waals surface area contributed by atoms with Gasteiger partial charge in [-0.25, -0.2) is 0 Å². The Kier molecular flexibility index (Phi) is 5.05. The monoisotopic (exact) mass is 229 g/mol. The SMILES string of the molecule is CN(CCO)C[C@@H](O)c1ccccc1Cl. The number of halogens is 1. The first-order valence-electron chi connectivity index (χ1n) is 4.87. The maximum atomic E-state index is 9.89. The molecule has 1 aromatic carbocycles. The van der Waals surface area contributed by atoms with Crippen molar-refractivity contribution in [3.8, 4) is 0 Å². The molecule has 3 nitrogen and oxygen atoms in total. The van der Waals surface area contributed by atoms with E-state index in [4.69, 9.17) is 16.7 Å². The largest absolute Gasteiger partial charge is 0.395 e.